The Labute approximate surface area is 76.4 Å². The molecule has 0 aromatic carbocycles. The van der Waals surface area contributed by atoms with Gasteiger partial charge in [0.25, 0.3) is 0 Å². The summed E-state index contributed by atoms with van der Waals surface area (Å²) in [7, 11) is 0. The number of hydrogen-bond donors (Lipinski definition) is 0. The van der Waals surface area contributed by atoms with Crippen LogP contribution in [0.15, 0.2) is 23.8 Å². The number of rotatable bonds is 3. The summed E-state index contributed by atoms with van der Waals surface area (Å²) in [6.07, 6.45) is 16.2. The van der Waals surface area contributed by atoms with Crippen molar-refractivity contribution in [2.45, 2.75) is 51.9 Å². The third-order valence-corrected chi connectivity index (χ3v) is 2.42. The maximum absolute atomic E-state index is 2.46. The number of unbranched alkanes of at least 4 members (excludes halogenated alkanes) is 1. The van der Waals surface area contributed by atoms with E-state index in [4.69, 9.17) is 0 Å². The summed E-state index contributed by atoms with van der Waals surface area (Å²) in [6.45, 7) is 2.27. The maximum Gasteiger partial charge on any atom is -0.0286 e. The normalized spacial score (nSPS) is 25.2. The molecule has 0 unspecified atom stereocenters. The van der Waals surface area contributed by atoms with E-state index in [-0.39, 0.29) is 0 Å². The van der Waals surface area contributed by atoms with Crippen LogP contribution < -0.4 is 0 Å². The maximum atomic E-state index is 2.46. The molecule has 1 aliphatic carbocycles. The monoisotopic (exact) mass is 164 g/mol. The molecular weight excluding hydrogens is 144 g/mol. The van der Waals surface area contributed by atoms with Crippen LogP contribution in [-0.2, 0) is 0 Å². The van der Waals surface area contributed by atoms with Gasteiger partial charge in [0.2, 0.25) is 0 Å². The Morgan fingerprint density at radius 2 is 2.00 bits per heavy atom. The van der Waals surface area contributed by atoms with Gasteiger partial charge < -0.3 is 0 Å². The fraction of sp³-hybridized carbons (Fsp3) is 0.667. The molecule has 0 aromatic heterocycles. The van der Waals surface area contributed by atoms with Crippen molar-refractivity contribution < 1.29 is 0 Å². The third kappa shape index (κ3) is 3.75. The van der Waals surface area contributed by atoms with Crippen LogP contribution in [0.25, 0.3) is 0 Å². The van der Waals surface area contributed by atoms with Gasteiger partial charge in [-0.05, 0) is 38.5 Å². The summed E-state index contributed by atoms with van der Waals surface area (Å²) >= 11 is 0. The van der Waals surface area contributed by atoms with Crippen molar-refractivity contribution in [2.75, 3.05) is 0 Å². The minimum atomic E-state index is 1.25. The van der Waals surface area contributed by atoms with Gasteiger partial charge in [0.05, 0.1) is 0 Å². The third-order valence-electron chi connectivity index (χ3n) is 2.42. The zero-order valence-electron chi connectivity index (χ0n) is 8.18. The van der Waals surface area contributed by atoms with Crippen molar-refractivity contribution in [1.82, 2.24) is 0 Å². The Balaban J connectivity index is 2.29. The highest BCUT2D eigenvalue weighted by atomic mass is 14.0. The summed E-state index contributed by atoms with van der Waals surface area (Å²) < 4.78 is 0. The molecule has 0 heterocycles. The van der Waals surface area contributed by atoms with E-state index in [2.05, 4.69) is 25.2 Å². The van der Waals surface area contributed by atoms with Gasteiger partial charge in [-0.2, -0.15) is 0 Å². The zero-order valence-corrected chi connectivity index (χ0v) is 8.18. The molecule has 0 heteroatoms. The van der Waals surface area contributed by atoms with E-state index in [1.807, 2.05) is 0 Å². The Bertz CT molecular complexity index is 163. The SMILES string of the molecule is CCCC/C1=C\CC/C=C\CC1. The van der Waals surface area contributed by atoms with Crippen LogP contribution in [0.5, 0.6) is 0 Å². The Morgan fingerprint density at radius 3 is 2.83 bits per heavy atom. The highest BCUT2D eigenvalue weighted by Gasteiger charge is 1.97. The van der Waals surface area contributed by atoms with Crippen molar-refractivity contribution in [3.05, 3.63) is 23.8 Å². The predicted octanol–water partition coefficient (Wildman–Crippen LogP) is 4.23. The van der Waals surface area contributed by atoms with E-state index in [9.17, 15) is 0 Å². The highest BCUT2D eigenvalue weighted by molar-refractivity contribution is 5.06. The molecule has 0 amide bonds. The molecular formula is C12H20. The van der Waals surface area contributed by atoms with Gasteiger partial charge in [-0.15, -0.1) is 0 Å². The minimum absolute atomic E-state index is 1.25. The molecule has 68 valence electrons. The second-order valence-electron chi connectivity index (χ2n) is 3.55. The minimum Gasteiger partial charge on any atom is -0.0882 e. The molecule has 0 aliphatic heterocycles. The van der Waals surface area contributed by atoms with Crippen LogP contribution in [-0.4, -0.2) is 0 Å². The molecule has 1 aliphatic rings. The smallest absolute Gasteiger partial charge is 0.0286 e. The average molecular weight is 164 g/mol. The Morgan fingerprint density at radius 1 is 1.17 bits per heavy atom. The molecule has 0 radical (unpaired) electrons. The van der Waals surface area contributed by atoms with Gasteiger partial charge in [-0.25, -0.2) is 0 Å². The first-order valence-electron chi connectivity index (χ1n) is 5.26. The molecule has 0 spiro atoms. The highest BCUT2D eigenvalue weighted by Crippen LogP contribution is 2.17. The quantitative estimate of drug-likeness (QED) is 0.547. The molecule has 0 bridgehead atoms. The van der Waals surface area contributed by atoms with Crippen LogP contribution in [0.1, 0.15) is 51.9 Å². The molecule has 0 atom stereocenters. The van der Waals surface area contributed by atoms with Crippen LogP contribution in [0.2, 0.25) is 0 Å². The van der Waals surface area contributed by atoms with Gasteiger partial charge in [0.1, 0.15) is 0 Å². The second-order valence-corrected chi connectivity index (χ2v) is 3.55. The molecule has 0 aromatic rings. The first-order chi connectivity index (χ1) is 5.93. The fourth-order valence-electron chi connectivity index (χ4n) is 1.62. The number of allylic oxidation sites excluding steroid dienone is 4. The van der Waals surface area contributed by atoms with Gasteiger partial charge in [-0.1, -0.05) is 37.1 Å². The van der Waals surface area contributed by atoms with E-state index in [0.29, 0.717) is 0 Å². The van der Waals surface area contributed by atoms with E-state index in [0.717, 1.165) is 0 Å². The molecule has 0 saturated carbocycles. The first kappa shape index (κ1) is 9.57. The van der Waals surface area contributed by atoms with Crippen LogP contribution in [0.4, 0.5) is 0 Å². The van der Waals surface area contributed by atoms with E-state index in [1.165, 1.54) is 44.9 Å². The van der Waals surface area contributed by atoms with Crippen LogP contribution >= 0.6 is 0 Å². The summed E-state index contributed by atoms with van der Waals surface area (Å²) in [6, 6.07) is 0. The predicted molar refractivity (Wildman–Crippen MR) is 55.2 cm³/mol. The fourth-order valence-corrected chi connectivity index (χ4v) is 1.62. The molecule has 0 fully saturated rings. The van der Waals surface area contributed by atoms with Crippen LogP contribution in [0, 0.1) is 0 Å². The standard InChI is InChI=1S/C12H20/c1-2-3-9-12-10-7-5-4-6-8-11-12/h4-5,11H,2-3,6-10H2,1H3/b5-4-,12-11+. The van der Waals surface area contributed by atoms with Gasteiger partial charge in [0, 0.05) is 0 Å². The Hall–Kier alpha value is -0.520. The molecule has 0 nitrogen and oxygen atoms in total. The van der Waals surface area contributed by atoms with Crippen molar-refractivity contribution >= 4 is 0 Å². The molecule has 0 N–H and O–H groups in total. The lowest BCUT2D eigenvalue weighted by molar-refractivity contribution is 0.743. The van der Waals surface area contributed by atoms with Gasteiger partial charge in [0.15, 0.2) is 0 Å². The van der Waals surface area contributed by atoms with Gasteiger partial charge >= 0.3 is 0 Å². The molecule has 0 saturated heterocycles. The summed E-state index contributed by atoms with van der Waals surface area (Å²) in [5.41, 5.74) is 1.70. The Kier molecular flexibility index (Phi) is 4.82. The molecule has 12 heavy (non-hydrogen) atoms. The van der Waals surface area contributed by atoms with E-state index in [1.54, 1.807) is 5.57 Å². The lowest BCUT2D eigenvalue weighted by atomic mass is 10.00. The van der Waals surface area contributed by atoms with E-state index >= 15 is 0 Å². The largest absolute Gasteiger partial charge is 0.0882 e. The number of hydrogen-bond acceptors (Lipinski definition) is 0. The first-order valence-corrected chi connectivity index (χ1v) is 5.26. The van der Waals surface area contributed by atoms with E-state index < -0.39 is 0 Å². The van der Waals surface area contributed by atoms with Crippen molar-refractivity contribution in [3.63, 3.8) is 0 Å². The second kappa shape index (κ2) is 6.05. The van der Waals surface area contributed by atoms with Crippen molar-refractivity contribution in [2.24, 2.45) is 0 Å². The van der Waals surface area contributed by atoms with Crippen molar-refractivity contribution in [3.8, 4) is 0 Å². The van der Waals surface area contributed by atoms with Crippen molar-refractivity contribution in [1.29, 1.82) is 0 Å². The van der Waals surface area contributed by atoms with Crippen LogP contribution in [0.3, 0.4) is 0 Å². The summed E-state index contributed by atoms with van der Waals surface area (Å²) in [5.74, 6) is 0. The molecule has 1 rings (SSSR count). The lowest BCUT2D eigenvalue weighted by Crippen LogP contribution is -1.87. The summed E-state index contributed by atoms with van der Waals surface area (Å²) in [4.78, 5) is 0. The zero-order chi connectivity index (χ0) is 8.65. The van der Waals surface area contributed by atoms with Gasteiger partial charge in [-0.3, -0.25) is 0 Å². The average Bonchev–Trinajstić information content (AvgIpc) is 2.02. The summed E-state index contributed by atoms with van der Waals surface area (Å²) in [5, 5.41) is 0. The topological polar surface area (TPSA) is 0 Å². The lowest BCUT2D eigenvalue weighted by Gasteiger charge is -2.07.